The molecule has 1 nitrogen and oxygen atoms in total. The summed E-state index contributed by atoms with van der Waals surface area (Å²) < 4.78 is 5.39. The van der Waals surface area contributed by atoms with Crippen molar-refractivity contribution in [1.29, 1.82) is 0 Å². The normalized spacial score (nSPS) is 9.80. The van der Waals surface area contributed by atoms with Gasteiger partial charge in [0.05, 0.1) is 6.61 Å². The summed E-state index contributed by atoms with van der Waals surface area (Å²) >= 11 is 0. The number of allylic oxidation sites excluding steroid dienone is 2. The van der Waals surface area contributed by atoms with E-state index in [4.69, 9.17) is 4.74 Å². The number of rotatable bonds is 5. The fourth-order valence-electron chi connectivity index (χ4n) is 1.45. The third-order valence-corrected chi connectivity index (χ3v) is 2.22. The Morgan fingerprint density at radius 3 is 2.40 bits per heavy atom. The summed E-state index contributed by atoms with van der Waals surface area (Å²) in [6, 6.07) is 8.37. The third-order valence-electron chi connectivity index (χ3n) is 2.22. The molecular weight excluding hydrogens is 184 g/mol. The zero-order chi connectivity index (χ0) is 11.1. The molecule has 0 radical (unpaired) electrons. The fraction of sp³-hybridized carbons (Fsp3) is 0.429. The van der Waals surface area contributed by atoms with E-state index in [0.29, 0.717) is 0 Å². The van der Waals surface area contributed by atoms with Gasteiger partial charge in [0.2, 0.25) is 0 Å². The average Bonchev–Trinajstić information content (AvgIpc) is 2.20. The molecule has 0 amide bonds. The Kier molecular flexibility index (Phi) is 4.96. The summed E-state index contributed by atoms with van der Waals surface area (Å²) in [4.78, 5) is 0. The largest absolute Gasteiger partial charge is 0.494 e. The topological polar surface area (TPSA) is 9.23 Å². The van der Waals surface area contributed by atoms with E-state index in [1.165, 1.54) is 11.1 Å². The first-order valence-electron chi connectivity index (χ1n) is 5.57. The third kappa shape index (κ3) is 4.68. The summed E-state index contributed by atoms with van der Waals surface area (Å²) in [5.74, 6) is 0.962. The predicted molar refractivity (Wildman–Crippen MR) is 65.4 cm³/mol. The molecule has 1 aromatic carbocycles. The van der Waals surface area contributed by atoms with E-state index in [1.807, 2.05) is 19.1 Å². The van der Waals surface area contributed by atoms with E-state index in [9.17, 15) is 0 Å². The van der Waals surface area contributed by atoms with Crippen molar-refractivity contribution in [3.05, 3.63) is 41.5 Å². The van der Waals surface area contributed by atoms with E-state index in [1.54, 1.807) is 0 Å². The molecule has 82 valence electrons. The molecule has 0 atom stereocenters. The molecule has 0 aliphatic carbocycles. The molecule has 0 bridgehead atoms. The van der Waals surface area contributed by atoms with E-state index < -0.39 is 0 Å². The van der Waals surface area contributed by atoms with Gasteiger partial charge in [-0.3, -0.25) is 0 Å². The molecule has 1 rings (SSSR count). The van der Waals surface area contributed by atoms with Crippen molar-refractivity contribution >= 4 is 0 Å². The van der Waals surface area contributed by atoms with Gasteiger partial charge in [0.15, 0.2) is 0 Å². The summed E-state index contributed by atoms with van der Waals surface area (Å²) in [5, 5.41) is 0. The highest BCUT2D eigenvalue weighted by atomic mass is 16.5. The molecule has 0 spiro atoms. The van der Waals surface area contributed by atoms with E-state index in [2.05, 4.69) is 32.1 Å². The monoisotopic (exact) mass is 204 g/mol. The van der Waals surface area contributed by atoms with Crippen LogP contribution in [0.3, 0.4) is 0 Å². The van der Waals surface area contributed by atoms with Crippen LogP contribution < -0.4 is 4.74 Å². The molecule has 0 saturated carbocycles. The molecule has 15 heavy (non-hydrogen) atoms. The van der Waals surface area contributed by atoms with Gasteiger partial charge in [0, 0.05) is 0 Å². The lowest BCUT2D eigenvalue weighted by atomic mass is 10.1. The Hall–Kier alpha value is -1.24. The molecule has 0 N–H and O–H groups in total. The molecule has 0 heterocycles. The first-order chi connectivity index (χ1) is 7.22. The number of hydrogen-bond donors (Lipinski definition) is 0. The van der Waals surface area contributed by atoms with Crippen LogP contribution in [0.1, 0.15) is 32.8 Å². The Balaban J connectivity index is 2.46. The lowest BCUT2D eigenvalue weighted by molar-refractivity contribution is 0.340. The first kappa shape index (κ1) is 11.8. The zero-order valence-corrected chi connectivity index (χ0v) is 9.92. The van der Waals surface area contributed by atoms with Gasteiger partial charge >= 0.3 is 0 Å². The van der Waals surface area contributed by atoms with Crippen LogP contribution >= 0.6 is 0 Å². The van der Waals surface area contributed by atoms with E-state index in [0.717, 1.165) is 25.2 Å². The molecule has 1 heteroatoms. The summed E-state index contributed by atoms with van der Waals surface area (Å²) in [6.07, 6.45) is 4.50. The maximum absolute atomic E-state index is 5.39. The second kappa shape index (κ2) is 6.28. The van der Waals surface area contributed by atoms with Crippen molar-refractivity contribution in [1.82, 2.24) is 0 Å². The van der Waals surface area contributed by atoms with Crippen molar-refractivity contribution < 1.29 is 4.74 Å². The molecule has 0 aliphatic heterocycles. The van der Waals surface area contributed by atoms with Gasteiger partial charge < -0.3 is 4.74 Å². The summed E-state index contributed by atoms with van der Waals surface area (Å²) in [7, 11) is 0. The van der Waals surface area contributed by atoms with Crippen molar-refractivity contribution in [3.63, 3.8) is 0 Å². The van der Waals surface area contributed by atoms with Crippen molar-refractivity contribution in [2.45, 2.75) is 33.6 Å². The number of benzene rings is 1. The quantitative estimate of drug-likeness (QED) is 0.659. The van der Waals surface area contributed by atoms with Gasteiger partial charge in [-0.1, -0.05) is 23.8 Å². The van der Waals surface area contributed by atoms with Crippen molar-refractivity contribution in [2.75, 3.05) is 6.61 Å². The Labute approximate surface area is 92.8 Å². The highest BCUT2D eigenvalue weighted by molar-refractivity contribution is 5.27. The second-order valence-electron chi connectivity index (χ2n) is 3.90. The van der Waals surface area contributed by atoms with Gasteiger partial charge in [-0.15, -0.1) is 0 Å². The minimum absolute atomic E-state index is 0.733. The van der Waals surface area contributed by atoms with Gasteiger partial charge in [-0.25, -0.2) is 0 Å². The second-order valence-corrected chi connectivity index (χ2v) is 3.90. The van der Waals surface area contributed by atoms with Crippen molar-refractivity contribution in [2.24, 2.45) is 0 Å². The fourth-order valence-corrected chi connectivity index (χ4v) is 1.45. The molecule has 0 fully saturated rings. The maximum Gasteiger partial charge on any atom is 0.119 e. The number of ether oxygens (including phenoxy) is 1. The van der Waals surface area contributed by atoms with Gasteiger partial charge in [0.25, 0.3) is 0 Å². The smallest absolute Gasteiger partial charge is 0.119 e. The molecule has 0 aliphatic rings. The lowest BCUT2D eigenvalue weighted by Crippen LogP contribution is -1.91. The Bertz CT molecular complexity index is 305. The van der Waals surface area contributed by atoms with Crippen LogP contribution in [0.4, 0.5) is 0 Å². The molecule has 0 unspecified atom stereocenters. The molecule has 0 saturated heterocycles. The Morgan fingerprint density at radius 1 is 1.20 bits per heavy atom. The summed E-state index contributed by atoms with van der Waals surface area (Å²) in [5.41, 5.74) is 2.76. The molecule has 1 aromatic rings. The highest BCUT2D eigenvalue weighted by Gasteiger charge is 1.93. The van der Waals surface area contributed by atoms with Gasteiger partial charge in [-0.05, 0) is 51.3 Å². The van der Waals surface area contributed by atoms with E-state index >= 15 is 0 Å². The van der Waals surface area contributed by atoms with Crippen LogP contribution in [0.5, 0.6) is 5.75 Å². The van der Waals surface area contributed by atoms with Gasteiger partial charge in [0.1, 0.15) is 5.75 Å². The van der Waals surface area contributed by atoms with Crippen LogP contribution in [0, 0.1) is 0 Å². The summed E-state index contributed by atoms with van der Waals surface area (Å²) in [6.45, 7) is 7.01. The van der Waals surface area contributed by atoms with Crippen molar-refractivity contribution in [3.8, 4) is 5.75 Å². The lowest BCUT2D eigenvalue weighted by Gasteiger charge is -2.04. The minimum Gasteiger partial charge on any atom is -0.494 e. The molecular formula is C14H20O. The van der Waals surface area contributed by atoms with Crippen LogP contribution in [-0.2, 0) is 6.42 Å². The van der Waals surface area contributed by atoms with Gasteiger partial charge in [-0.2, -0.15) is 0 Å². The van der Waals surface area contributed by atoms with Crippen LogP contribution in [0.25, 0.3) is 0 Å². The number of hydrogen-bond acceptors (Lipinski definition) is 1. The predicted octanol–water partition coefficient (Wildman–Crippen LogP) is 3.98. The first-order valence-corrected chi connectivity index (χ1v) is 5.57. The minimum atomic E-state index is 0.733. The van der Waals surface area contributed by atoms with Crippen LogP contribution in [0.15, 0.2) is 35.9 Å². The zero-order valence-electron chi connectivity index (χ0n) is 9.92. The Morgan fingerprint density at radius 2 is 1.87 bits per heavy atom. The SMILES string of the molecule is CCOc1ccc(CCC=C(C)C)cc1. The van der Waals surface area contributed by atoms with Crippen LogP contribution in [0.2, 0.25) is 0 Å². The van der Waals surface area contributed by atoms with Crippen LogP contribution in [-0.4, -0.2) is 6.61 Å². The average molecular weight is 204 g/mol. The van der Waals surface area contributed by atoms with E-state index in [-0.39, 0.29) is 0 Å². The highest BCUT2D eigenvalue weighted by Crippen LogP contribution is 2.13. The standard InChI is InChI=1S/C14H20O/c1-4-15-14-10-8-13(9-11-14)7-5-6-12(2)3/h6,8-11H,4-5,7H2,1-3H3. The maximum atomic E-state index is 5.39. The molecule has 0 aromatic heterocycles. The number of aryl methyl sites for hydroxylation is 1.